The number of pyridine rings is 1. The third-order valence-electron chi connectivity index (χ3n) is 2.95. The standard InChI is InChI=1S/C13H19N5/c1-3-18-9-11(8-16-18)7-13(17-14)12-6-10(2)4-5-15-12/h4-6,8-9,13,17H,3,7,14H2,1-2H3. The fraction of sp³-hybridized carbons (Fsp3) is 0.385. The highest BCUT2D eigenvalue weighted by molar-refractivity contribution is 5.19. The molecule has 5 nitrogen and oxygen atoms in total. The molecule has 2 rings (SSSR count). The predicted molar refractivity (Wildman–Crippen MR) is 70.6 cm³/mol. The lowest BCUT2D eigenvalue weighted by molar-refractivity contribution is 0.537. The van der Waals surface area contributed by atoms with Gasteiger partial charge >= 0.3 is 0 Å². The van der Waals surface area contributed by atoms with E-state index < -0.39 is 0 Å². The zero-order chi connectivity index (χ0) is 13.0. The number of nitrogens with zero attached hydrogens (tertiary/aromatic N) is 3. The third kappa shape index (κ3) is 2.94. The minimum absolute atomic E-state index is 0.0133. The molecule has 0 aliphatic heterocycles. The highest BCUT2D eigenvalue weighted by atomic mass is 15.3. The number of hydrogen-bond acceptors (Lipinski definition) is 4. The van der Waals surface area contributed by atoms with E-state index in [1.165, 1.54) is 5.56 Å². The van der Waals surface area contributed by atoms with Gasteiger partial charge in [0, 0.05) is 18.9 Å². The van der Waals surface area contributed by atoms with Crippen LogP contribution in [0.2, 0.25) is 0 Å². The summed E-state index contributed by atoms with van der Waals surface area (Å²) in [7, 11) is 0. The van der Waals surface area contributed by atoms with Crippen molar-refractivity contribution < 1.29 is 0 Å². The molecule has 1 unspecified atom stereocenters. The van der Waals surface area contributed by atoms with Crippen LogP contribution in [0.15, 0.2) is 30.7 Å². The molecule has 0 aliphatic rings. The number of rotatable bonds is 5. The summed E-state index contributed by atoms with van der Waals surface area (Å²) in [5, 5.41) is 4.26. The van der Waals surface area contributed by atoms with Crippen molar-refractivity contribution in [3.63, 3.8) is 0 Å². The van der Waals surface area contributed by atoms with Gasteiger partial charge in [0.05, 0.1) is 17.9 Å². The van der Waals surface area contributed by atoms with Crippen LogP contribution in [0, 0.1) is 6.92 Å². The van der Waals surface area contributed by atoms with Crippen LogP contribution in [0.1, 0.15) is 29.8 Å². The van der Waals surface area contributed by atoms with Crippen LogP contribution in [-0.2, 0) is 13.0 Å². The van der Waals surface area contributed by atoms with Crippen LogP contribution in [0.4, 0.5) is 0 Å². The monoisotopic (exact) mass is 245 g/mol. The minimum atomic E-state index is 0.0133. The van der Waals surface area contributed by atoms with E-state index >= 15 is 0 Å². The number of aromatic nitrogens is 3. The van der Waals surface area contributed by atoms with Gasteiger partial charge in [0.15, 0.2) is 0 Å². The van der Waals surface area contributed by atoms with Crippen molar-refractivity contribution in [2.45, 2.75) is 32.9 Å². The van der Waals surface area contributed by atoms with E-state index in [0.717, 1.165) is 24.2 Å². The van der Waals surface area contributed by atoms with E-state index in [1.54, 1.807) is 0 Å². The van der Waals surface area contributed by atoms with Crippen molar-refractivity contribution in [2.75, 3.05) is 0 Å². The molecule has 5 heteroatoms. The molecule has 0 aromatic carbocycles. The summed E-state index contributed by atoms with van der Waals surface area (Å²) in [5.74, 6) is 5.62. The third-order valence-corrected chi connectivity index (χ3v) is 2.95. The largest absolute Gasteiger partial charge is 0.273 e. The van der Waals surface area contributed by atoms with Gasteiger partial charge in [-0.1, -0.05) is 0 Å². The molecule has 2 heterocycles. The van der Waals surface area contributed by atoms with E-state index in [2.05, 4.69) is 28.5 Å². The zero-order valence-corrected chi connectivity index (χ0v) is 10.8. The van der Waals surface area contributed by atoms with E-state index in [9.17, 15) is 0 Å². The molecule has 18 heavy (non-hydrogen) atoms. The van der Waals surface area contributed by atoms with Crippen molar-refractivity contribution in [1.82, 2.24) is 20.2 Å². The van der Waals surface area contributed by atoms with E-state index in [1.807, 2.05) is 36.3 Å². The smallest absolute Gasteiger partial charge is 0.0673 e. The van der Waals surface area contributed by atoms with Crippen LogP contribution in [-0.4, -0.2) is 14.8 Å². The van der Waals surface area contributed by atoms with Gasteiger partial charge in [-0.15, -0.1) is 0 Å². The van der Waals surface area contributed by atoms with Gasteiger partial charge in [-0.25, -0.2) is 0 Å². The summed E-state index contributed by atoms with van der Waals surface area (Å²) in [6, 6.07) is 4.04. The molecule has 0 saturated heterocycles. The molecule has 96 valence electrons. The Morgan fingerprint density at radius 3 is 2.94 bits per heavy atom. The molecule has 3 N–H and O–H groups in total. The average molecular weight is 245 g/mol. The molecule has 0 spiro atoms. The van der Waals surface area contributed by atoms with Crippen molar-refractivity contribution in [2.24, 2.45) is 5.84 Å². The maximum absolute atomic E-state index is 5.62. The fourth-order valence-electron chi connectivity index (χ4n) is 1.92. The Morgan fingerprint density at radius 1 is 1.50 bits per heavy atom. The number of aryl methyl sites for hydroxylation is 2. The lowest BCUT2D eigenvalue weighted by atomic mass is 10.1. The summed E-state index contributed by atoms with van der Waals surface area (Å²) < 4.78 is 1.91. The van der Waals surface area contributed by atoms with E-state index in [0.29, 0.717) is 0 Å². The molecule has 0 bridgehead atoms. The quantitative estimate of drug-likeness (QED) is 0.616. The average Bonchev–Trinajstić information content (AvgIpc) is 2.83. The highest BCUT2D eigenvalue weighted by Crippen LogP contribution is 2.16. The summed E-state index contributed by atoms with van der Waals surface area (Å²) in [4.78, 5) is 4.36. The van der Waals surface area contributed by atoms with Gasteiger partial charge in [0.2, 0.25) is 0 Å². The first-order valence-corrected chi connectivity index (χ1v) is 6.13. The number of nitrogens with one attached hydrogen (secondary N) is 1. The van der Waals surface area contributed by atoms with Crippen molar-refractivity contribution in [1.29, 1.82) is 0 Å². The zero-order valence-electron chi connectivity index (χ0n) is 10.8. The first kappa shape index (κ1) is 12.7. The van der Waals surface area contributed by atoms with Crippen molar-refractivity contribution in [3.05, 3.63) is 47.5 Å². The number of hydrogen-bond donors (Lipinski definition) is 2. The summed E-state index contributed by atoms with van der Waals surface area (Å²) in [6.45, 7) is 4.99. The number of hydrazine groups is 1. The summed E-state index contributed by atoms with van der Waals surface area (Å²) in [6.07, 6.45) is 6.52. The first-order valence-electron chi connectivity index (χ1n) is 6.13. The second-order valence-corrected chi connectivity index (χ2v) is 4.39. The Kier molecular flexibility index (Phi) is 4.07. The molecule has 1 atom stereocenters. The van der Waals surface area contributed by atoms with Gasteiger partial charge < -0.3 is 0 Å². The van der Waals surface area contributed by atoms with Gasteiger partial charge in [-0.2, -0.15) is 5.10 Å². The fourth-order valence-corrected chi connectivity index (χ4v) is 1.92. The SMILES string of the molecule is CCn1cc(CC(NN)c2cc(C)ccn2)cn1. The Balaban J connectivity index is 2.14. The number of nitrogens with two attached hydrogens (primary N) is 1. The maximum atomic E-state index is 5.62. The van der Waals surface area contributed by atoms with E-state index in [4.69, 9.17) is 5.84 Å². The van der Waals surface area contributed by atoms with Crippen molar-refractivity contribution in [3.8, 4) is 0 Å². The van der Waals surface area contributed by atoms with Crippen LogP contribution < -0.4 is 11.3 Å². The lowest BCUT2D eigenvalue weighted by Gasteiger charge is -2.14. The predicted octanol–water partition coefficient (Wildman–Crippen LogP) is 1.35. The molecule has 0 radical (unpaired) electrons. The first-order chi connectivity index (χ1) is 8.72. The second-order valence-electron chi connectivity index (χ2n) is 4.39. The Hall–Kier alpha value is -1.72. The van der Waals surface area contributed by atoms with Crippen LogP contribution in [0.3, 0.4) is 0 Å². The normalized spacial score (nSPS) is 12.6. The molecular weight excluding hydrogens is 226 g/mol. The summed E-state index contributed by atoms with van der Waals surface area (Å²) in [5.41, 5.74) is 6.12. The van der Waals surface area contributed by atoms with Crippen molar-refractivity contribution >= 4 is 0 Å². The Bertz CT molecular complexity index is 506. The van der Waals surface area contributed by atoms with Gasteiger partial charge in [0.1, 0.15) is 0 Å². The molecule has 0 amide bonds. The van der Waals surface area contributed by atoms with E-state index in [-0.39, 0.29) is 6.04 Å². The van der Waals surface area contributed by atoms with Crippen LogP contribution >= 0.6 is 0 Å². The second kappa shape index (κ2) is 5.75. The molecule has 2 aromatic rings. The molecule has 0 fully saturated rings. The highest BCUT2D eigenvalue weighted by Gasteiger charge is 2.13. The molecule has 0 saturated carbocycles. The maximum Gasteiger partial charge on any atom is 0.0673 e. The molecular formula is C13H19N5. The van der Waals surface area contributed by atoms with Gasteiger partial charge in [-0.3, -0.25) is 20.9 Å². The topological polar surface area (TPSA) is 68.8 Å². The molecule has 0 aliphatic carbocycles. The van der Waals surface area contributed by atoms with Crippen LogP contribution in [0.25, 0.3) is 0 Å². The van der Waals surface area contributed by atoms with Gasteiger partial charge in [-0.05, 0) is 43.5 Å². The summed E-state index contributed by atoms with van der Waals surface area (Å²) >= 11 is 0. The Morgan fingerprint density at radius 2 is 2.33 bits per heavy atom. The minimum Gasteiger partial charge on any atom is -0.273 e. The van der Waals surface area contributed by atoms with Gasteiger partial charge in [0.25, 0.3) is 0 Å². The molecule has 2 aromatic heterocycles. The Labute approximate surface area is 107 Å². The van der Waals surface area contributed by atoms with Crippen LogP contribution in [0.5, 0.6) is 0 Å². The lowest BCUT2D eigenvalue weighted by Crippen LogP contribution is -2.30.